The minimum atomic E-state index is 0.372. The Kier molecular flexibility index (Phi) is 6.26. The van der Waals surface area contributed by atoms with Crippen molar-refractivity contribution in [3.8, 4) is 17.6 Å². The first kappa shape index (κ1) is 16.0. The lowest BCUT2D eigenvalue weighted by Gasteiger charge is -2.08. The molecule has 0 heterocycles. The van der Waals surface area contributed by atoms with E-state index in [9.17, 15) is 0 Å². The van der Waals surface area contributed by atoms with Gasteiger partial charge in [0, 0.05) is 23.4 Å². The van der Waals surface area contributed by atoms with Gasteiger partial charge in [0.25, 0.3) is 0 Å². The molecule has 0 atom stereocenters. The molecule has 2 aromatic carbocycles. The molecule has 2 rings (SSSR count). The lowest BCUT2D eigenvalue weighted by Crippen LogP contribution is -1.96. The minimum absolute atomic E-state index is 0.372. The molecule has 0 unspecified atom stereocenters. The summed E-state index contributed by atoms with van der Waals surface area (Å²) < 4.78 is 5.70. The van der Waals surface area contributed by atoms with Crippen molar-refractivity contribution in [3.05, 3.63) is 63.6 Å². The normalized spacial score (nSPS) is 9.86. The SMILES string of the molecule is ClCCC#Cc1ccc(OCc2cccc(Cl)c2Cl)cc1. The molecule has 21 heavy (non-hydrogen) atoms. The molecule has 0 aliphatic heterocycles. The van der Waals surface area contributed by atoms with Crippen LogP contribution in [-0.2, 0) is 6.61 Å². The molecule has 0 saturated carbocycles. The van der Waals surface area contributed by atoms with Crippen LogP contribution >= 0.6 is 34.8 Å². The quantitative estimate of drug-likeness (QED) is 0.524. The van der Waals surface area contributed by atoms with Crippen LogP contribution in [0.1, 0.15) is 17.5 Å². The zero-order valence-corrected chi connectivity index (χ0v) is 13.5. The van der Waals surface area contributed by atoms with Crippen LogP contribution in [0.25, 0.3) is 0 Å². The molecule has 0 aromatic heterocycles. The molecule has 0 bridgehead atoms. The van der Waals surface area contributed by atoms with Gasteiger partial charge in [0.1, 0.15) is 12.4 Å². The monoisotopic (exact) mass is 338 g/mol. The van der Waals surface area contributed by atoms with Crippen LogP contribution in [0.5, 0.6) is 5.75 Å². The van der Waals surface area contributed by atoms with Crippen LogP contribution in [0.4, 0.5) is 0 Å². The molecule has 0 spiro atoms. The topological polar surface area (TPSA) is 9.23 Å². The van der Waals surface area contributed by atoms with Gasteiger partial charge >= 0.3 is 0 Å². The summed E-state index contributed by atoms with van der Waals surface area (Å²) in [4.78, 5) is 0. The molecule has 108 valence electrons. The summed E-state index contributed by atoms with van der Waals surface area (Å²) >= 11 is 17.7. The maximum Gasteiger partial charge on any atom is 0.119 e. The fourth-order valence-electron chi connectivity index (χ4n) is 1.67. The van der Waals surface area contributed by atoms with Crippen molar-refractivity contribution < 1.29 is 4.74 Å². The summed E-state index contributed by atoms with van der Waals surface area (Å²) in [6.07, 6.45) is 0.688. The number of ether oxygens (including phenoxy) is 1. The third-order valence-electron chi connectivity index (χ3n) is 2.73. The fraction of sp³-hybridized carbons (Fsp3) is 0.176. The molecule has 2 aromatic rings. The van der Waals surface area contributed by atoms with E-state index >= 15 is 0 Å². The van der Waals surface area contributed by atoms with E-state index in [1.54, 1.807) is 6.07 Å². The second-order valence-corrected chi connectivity index (χ2v) is 5.43. The molecule has 0 saturated heterocycles. The van der Waals surface area contributed by atoms with Gasteiger partial charge in [0.2, 0.25) is 0 Å². The van der Waals surface area contributed by atoms with Crippen LogP contribution in [0.15, 0.2) is 42.5 Å². The Balaban J connectivity index is 1.98. The average Bonchev–Trinajstić information content (AvgIpc) is 2.50. The van der Waals surface area contributed by atoms with Gasteiger partial charge in [-0.15, -0.1) is 11.6 Å². The molecule has 0 fully saturated rings. The number of rotatable bonds is 4. The minimum Gasteiger partial charge on any atom is -0.489 e. The van der Waals surface area contributed by atoms with E-state index in [0.717, 1.165) is 16.9 Å². The molecule has 0 aliphatic carbocycles. The number of halogens is 3. The summed E-state index contributed by atoms with van der Waals surface area (Å²) in [6, 6.07) is 13.1. The van der Waals surface area contributed by atoms with E-state index in [4.69, 9.17) is 39.5 Å². The zero-order valence-electron chi connectivity index (χ0n) is 11.2. The summed E-state index contributed by atoms with van der Waals surface area (Å²) in [5, 5.41) is 1.06. The van der Waals surface area contributed by atoms with E-state index < -0.39 is 0 Å². The molecular formula is C17H13Cl3O. The van der Waals surface area contributed by atoms with Gasteiger partial charge in [0.05, 0.1) is 10.0 Å². The standard InChI is InChI=1S/C17H13Cl3O/c18-11-2-1-4-13-7-9-15(10-8-13)21-12-14-5-3-6-16(19)17(14)20/h3,5-10H,2,11-12H2. The van der Waals surface area contributed by atoms with Gasteiger partial charge in [-0.2, -0.15) is 0 Å². The maximum absolute atomic E-state index is 6.11. The molecular weight excluding hydrogens is 327 g/mol. The van der Waals surface area contributed by atoms with Gasteiger partial charge < -0.3 is 4.74 Å². The van der Waals surface area contributed by atoms with Gasteiger partial charge in [-0.1, -0.05) is 47.2 Å². The van der Waals surface area contributed by atoms with E-state index in [0.29, 0.717) is 29.0 Å². The van der Waals surface area contributed by atoms with E-state index in [1.165, 1.54) is 0 Å². The maximum atomic E-state index is 6.11. The molecule has 0 aliphatic rings. The smallest absolute Gasteiger partial charge is 0.119 e. The number of alkyl halides is 1. The van der Waals surface area contributed by atoms with E-state index in [1.807, 2.05) is 36.4 Å². The highest BCUT2D eigenvalue weighted by atomic mass is 35.5. The highest BCUT2D eigenvalue weighted by Gasteiger charge is 2.04. The van der Waals surface area contributed by atoms with Crippen LogP contribution < -0.4 is 4.74 Å². The third-order valence-corrected chi connectivity index (χ3v) is 3.78. The van der Waals surface area contributed by atoms with Crippen LogP contribution in [-0.4, -0.2) is 5.88 Å². The highest BCUT2D eigenvalue weighted by molar-refractivity contribution is 6.42. The van der Waals surface area contributed by atoms with Crippen molar-refractivity contribution in [2.24, 2.45) is 0 Å². The summed E-state index contributed by atoms with van der Waals surface area (Å²) in [5.41, 5.74) is 1.79. The van der Waals surface area contributed by atoms with Crippen LogP contribution in [0.2, 0.25) is 10.0 Å². The lowest BCUT2D eigenvalue weighted by atomic mass is 10.2. The van der Waals surface area contributed by atoms with Crippen molar-refractivity contribution in [1.29, 1.82) is 0 Å². The highest BCUT2D eigenvalue weighted by Crippen LogP contribution is 2.26. The van der Waals surface area contributed by atoms with Crippen LogP contribution in [0.3, 0.4) is 0 Å². The second-order valence-electron chi connectivity index (χ2n) is 4.27. The van der Waals surface area contributed by atoms with Crippen molar-refractivity contribution >= 4 is 34.8 Å². The number of hydrogen-bond acceptors (Lipinski definition) is 1. The lowest BCUT2D eigenvalue weighted by molar-refractivity contribution is 0.306. The molecule has 4 heteroatoms. The van der Waals surface area contributed by atoms with Crippen molar-refractivity contribution in [3.63, 3.8) is 0 Å². The zero-order chi connectivity index (χ0) is 15.1. The Labute approximate surface area is 139 Å². The molecule has 1 nitrogen and oxygen atoms in total. The summed E-state index contributed by atoms with van der Waals surface area (Å²) in [6.45, 7) is 0.372. The Morgan fingerprint density at radius 2 is 1.76 bits per heavy atom. The number of benzene rings is 2. The first-order valence-corrected chi connectivity index (χ1v) is 7.70. The van der Waals surface area contributed by atoms with E-state index in [-0.39, 0.29) is 0 Å². The predicted octanol–water partition coefficient (Wildman–Crippen LogP) is 5.55. The summed E-state index contributed by atoms with van der Waals surface area (Å²) in [5.74, 6) is 7.33. The Bertz CT molecular complexity index is 654. The first-order valence-electron chi connectivity index (χ1n) is 6.41. The molecule has 0 N–H and O–H groups in total. The Morgan fingerprint density at radius 1 is 1.00 bits per heavy atom. The molecule has 0 amide bonds. The third kappa shape index (κ3) is 4.86. The average molecular weight is 340 g/mol. The fourth-order valence-corrected chi connectivity index (χ4v) is 2.14. The first-order chi connectivity index (χ1) is 10.2. The van der Waals surface area contributed by atoms with Crippen molar-refractivity contribution in [1.82, 2.24) is 0 Å². The van der Waals surface area contributed by atoms with Crippen molar-refractivity contribution in [2.45, 2.75) is 13.0 Å². The molecule has 0 radical (unpaired) electrons. The predicted molar refractivity (Wildman–Crippen MR) is 89.5 cm³/mol. The van der Waals surface area contributed by atoms with Crippen LogP contribution in [0, 0.1) is 11.8 Å². The van der Waals surface area contributed by atoms with Gasteiger partial charge in [-0.05, 0) is 30.3 Å². The van der Waals surface area contributed by atoms with E-state index in [2.05, 4.69) is 11.8 Å². The van der Waals surface area contributed by atoms with Gasteiger partial charge in [0.15, 0.2) is 0 Å². The Hall–Kier alpha value is -1.33. The Morgan fingerprint density at radius 3 is 2.48 bits per heavy atom. The number of hydrogen-bond donors (Lipinski definition) is 0. The van der Waals surface area contributed by atoms with Gasteiger partial charge in [-0.25, -0.2) is 0 Å². The second kappa shape index (κ2) is 8.20. The van der Waals surface area contributed by atoms with Gasteiger partial charge in [-0.3, -0.25) is 0 Å². The summed E-state index contributed by atoms with van der Waals surface area (Å²) in [7, 11) is 0. The van der Waals surface area contributed by atoms with Crippen molar-refractivity contribution in [2.75, 3.05) is 5.88 Å². The largest absolute Gasteiger partial charge is 0.489 e.